The highest BCUT2D eigenvalue weighted by Crippen LogP contribution is 2.20. The van der Waals surface area contributed by atoms with Crippen LogP contribution in [0.5, 0.6) is 0 Å². The molecule has 1 aliphatic heterocycles. The molecule has 3 N–H and O–H groups in total. The highest BCUT2D eigenvalue weighted by atomic mass is 19.1. The molecule has 3 aromatic heterocycles. The summed E-state index contributed by atoms with van der Waals surface area (Å²) in [4.78, 5) is 38.4. The minimum absolute atomic E-state index is 0.0565. The third-order valence-electron chi connectivity index (χ3n) is 6.12. The maximum Gasteiger partial charge on any atom is 0.255 e. The number of amides is 2. The highest BCUT2D eigenvalue weighted by Gasteiger charge is 2.22. The molecule has 36 heavy (non-hydrogen) atoms. The molecule has 1 saturated heterocycles. The molecule has 0 aliphatic carbocycles. The zero-order chi connectivity index (χ0) is 25.1. The first kappa shape index (κ1) is 23.2. The van der Waals surface area contributed by atoms with Gasteiger partial charge in [-0.1, -0.05) is 12.6 Å². The number of anilines is 1. The fourth-order valence-electron chi connectivity index (χ4n) is 4.21. The second-order valence-electron chi connectivity index (χ2n) is 8.56. The highest BCUT2D eigenvalue weighted by molar-refractivity contribution is 6.04. The summed E-state index contributed by atoms with van der Waals surface area (Å²) in [5.74, 6) is -0.136. The standard InChI is InChI=1S/C25H25FN8O2/c1-2-22(35)33-8-6-18(7-9-33)31-21-14-28-24-23(32-21)20(13-27-24)25(36)29-11-16-12-30-34(15-16)19-5-3-4-17(26)10-19/h2-5,10,12-15,18H,1,6-9,11H2,(H,27,28)(H,29,36)(H,31,32). The normalized spacial score (nSPS) is 14.1. The number of halogens is 1. The van der Waals surface area contributed by atoms with Crippen molar-refractivity contribution in [2.45, 2.75) is 25.4 Å². The van der Waals surface area contributed by atoms with Gasteiger partial charge in [0.15, 0.2) is 5.65 Å². The molecular formula is C25H25FN8O2. The van der Waals surface area contributed by atoms with Crippen LogP contribution in [0.1, 0.15) is 28.8 Å². The van der Waals surface area contributed by atoms with E-state index in [1.165, 1.54) is 18.2 Å². The molecule has 5 rings (SSSR count). The second-order valence-corrected chi connectivity index (χ2v) is 8.56. The fraction of sp³-hybridized carbons (Fsp3) is 0.240. The zero-order valence-electron chi connectivity index (χ0n) is 19.4. The summed E-state index contributed by atoms with van der Waals surface area (Å²) in [6.45, 7) is 5.07. The van der Waals surface area contributed by atoms with Gasteiger partial charge in [0.1, 0.15) is 17.2 Å². The number of H-pyrrole nitrogens is 1. The number of benzene rings is 1. The van der Waals surface area contributed by atoms with E-state index in [1.807, 2.05) is 0 Å². The van der Waals surface area contributed by atoms with E-state index in [1.54, 1.807) is 46.5 Å². The number of nitrogens with one attached hydrogen (secondary N) is 3. The maximum absolute atomic E-state index is 13.5. The van der Waals surface area contributed by atoms with Gasteiger partial charge in [-0.05, 0) is 37.1 Å². The number of fused-ring (bicyclic) bond motifs is 1. The lowest BCUT2D eigenvalue weighted by atomic mass is 10.1. The van der Waals surface area contributed by atoms with Crippen molar-refractivity contribution in [1.29, 1.82) is 0 Å². The van der Waals surface area contributed by atoms with E-state index in [-0.39, 0.29) is 30.2 Å². The van der Waals surface area contributed by atoms with Crippen molar-refractivity contribution in [3.05, 3.63) is 78.7 Å². The minimum atomic E-state index is -0.347. The second kappa shape index (κ2) is 9.98. The molecule has 11 heteroatoms. The number of hydrogen-bond acceptors (Lipinski definition) is 6. The predicted molar refractivity (Wildman–Crippen MR) is 132 cm³/mol. The molecule has 1 aliphatic rings. The number of piperidine rings is 1. The van der Waals surface area contributed by atoms with E-state index < -0.39 is 0 Å². The van der Waals surface area contributed by atoms with Crippen LogP contribution in [0.2, 0.25) is 0 Å². The molecule has 184 valence electrons. The van der Waals surface area contributed by atoms with Crippen molar-refractivity contribution in [3.8, 4) is 5.69 Å². The first-order valence-corrected chi connectivity index (χ1v) is 11.6. The molecule has 0 spiro atoms. The molecule has 4 aromatic rings. The average Bonchev–Trinajstić information content (AvgIpc) is 3.54. The lowest BCUT2D eigenvalue weighted by Crippen LogP contribution is -2.41. The zero-order valence-corrected chi connectivity index (χ0v) is 19.4. The van der Waals surface area contributed by atoms with Crippen LogP contribution in [0.3, 0.4) is 0 Å². The Hall–Kier alpha value is -4.54. The molecule has 10 nitrogen and oxygen atoms in total. The summed E-state index contributed by atoms with van der Waals surface area (Å²) in [5.41, 5.74) is 2.72. The van der Waals surface area contributed by atoms with Crippen molar-refractivity contribution < 1.29 is 14.0 Å². The third kappa shape index (κ3) is 4.95. The Bertz CT molecular complexity index is 1420. The Morgan fingerprint density at radius 1 is 1.25 bits per heavy atom. The number of hydrogen-bond donors (Lipinski definition) is 3. The van der Waals surface area contributed by atoms with Crippen molar-refractivity contribution in [3.63, 3.8) is 0 Å². The minimum Gasteiger partial charge on any atom is -0.366 e. The smallest absolute Gasteiger partial charge is 0.255 e. The van der Waals surface area contributed by atoms with Crippen LogP contribution in [-0.2, 0) is 11.3 Å². The van der Waals surface area contributed by atoms with Gasteiger partial charge < -0.3 is 20.5 Å². The van der Waals surface area contributed by atoms with Gasteiger partial charge in [-0.25, -0.2) is 19.0 Å². The molecule has 1 fully saturated rings. The number of carbonyl (C=O) groups excluding carboxylic acids is 2. The molecular weight excluding hydrogens is 463 g/mol. The number of nitrogens with zero attached hydrogens (tertiary/aromatic N) is 5. The number of carbonyl (C=O) groups is 2. The van der Waals surface area contributed by atoms with Gasteiger partial charge in [0.05, 0.1) is 23.6 Å². The Morgan fingerprint density at radius 2 is 2.08 bits per heavy atom. The number of aromatic nitrogens is 5. The Morgan fingerprint density at radius 3 is 2.86 bits per heavy atom. The monoisotopic (exact) mass is 488 g/mol. The largest absolute Gasteiger partial charge is 0.366 e. The summed E-state index contributed by atoms with van der Waals surface area (Å²) in [6, 6.07) is 6.27. The van der Waals surface area contributed by atoms with E-state index in [0.717, 1.165) is 18.4 Å². The number of aromatic amines is 1. The van der Waals surface area contributed by atoms with E-state index in [4.69, 9.17) is 0 Å². The SMILES string of the molecule is C=CC(=O)N1CCC(Nc2cnc3[nH]cc(C(=O)NCc4cnn(-c5cccc(F)c5)c4)c3n2)CC1. The summed E-state index contributed by atoms with van der Waals surface area (Å²) >= 11 is 0. The molecule has 1 aromatic carbocycles. The predicted octanol–water partition coefficient (Wildman–Crippen LogP) is 2.80. The van der Waals surface area contributed by atoms with E-state index >= 15 is 0 Å². The Labute approximate surface area is 206 Å². The van der Waals surface area contributed by atoms with Gasteiger partial charge in [-0.2, -0.15) is 5.10 Å². The molecule has 0 unspecified atom stereocenters. The number of rotatable bonds is 7. The number of likely N-dealkylation sites (tertiary alicyclic amines) is 1. The van der Waals surface area contributed by atoms with Crippen LogP contribution < -0.4 is 10.6 Å². The van der Waals surface area contributed by atoms with Crippen LogP contribution >= 0.6 is 0 Å². The molecule has 0 atom stereocenters. The van der Waals surface area contributed by atoms with Gasteiger partial charge in [-0.15, -0.1) is 0 Å². The Kier molecular flexibility index (Phi) is 6.44. The van der Waals surface area contributed by atoms with Crippen LogP contribution in [0, 0.1) is 5.82 Å². The van der Waals surface area contributed by atoms with Crippen molar-refractivity contribution in [2.24, 2.45) is 0 Å². The van der Waals surface area contributed by atoms with Gasteiger partial charge in [-0.3, -0.25) is 9.59 Å². The van der Waals surface area contributed by atoms with Crippen LogP contribution in [0.15, 0.2) is 61.7 Å². The summed E-state index contributed by atoms with van der Waals surface area (Å²) in [7, 11) is 0. The molecule has 0 bridgehead atoms. The van der Waals surface area contributed by atoms with Crippen LogP contribution in [0.4, 0.5) is 10.2 Å². The van der Waals surface area contributed by atoms with E-state index in [9.17, 15) is 14.0 Å². The van der Waals surface area contributed by atoms with Crippen LogP contribution in [-0.4, -0.2) is 60.6 Å². The topological polar surface area (TPSA) is 121 Å². The first-order chi connectivity index (χ1) is 17.5. The molecule has 4 heterocycles. The van der Waals surface area contributed by atoms with E-state index in [2.05, 4.69) is 37.3 Å². The van der Waals surface area contributed by atoms with Gasteiger partial charge in [0.2, 0.25) is 5.91 Å². The summed E-state index contributed by atoms with van der Waals surface area (Å²) in [5, 5.41) is 10.5. The third-order valence-corrected chi connectivity index (χ3v) is 6.12. The summed E-state index contributed by atoms with van der Waals surface area (Å²) < 4.78 is 15.0. The average molecular weight is 489 g/mol. The first-order valence-electron chi connectivity index (χ1n) is 11.6. The summed E-state index contributed by atoms with van der Waals surface area (Å²) in [6.07, 6.45) is 9.46. The maximum atomic E-state index is 13.5. The molecule has 2 amide bonds. The van der Waals surface area contributed by atoms with Crippen LogP contribution in [0.25, 0.3) is 16.9 Å². The van der Waals surface area contributed by atoms with Crippen molar-refractivity contribution in [2.75, 3.05) is 18.4 Å². The van der Waals surface area contributed by atoms with Gasteiger partial charge >= 0.3 is 0 Å². The molecule has 0 radical (unpaired) electrons. The van der Waals surface area contributed by atoms with Gasteiger partial charge in [0.25, 0.3) is 5.91 Å². The lowest BCUT2D eigenvalue weighted by Gasteiger charge is -2.31. The Balaban J connectivity index is 1.22. The quantitative estimate of drug-likeness (QED) is 0.344. The van der Waals surface area contributed by atoms with Gasteiger partial charge in [0, 0.05) is 43.6 Å². The van der Waals surface area contributed by atoms with Crippen molar-refractivity contribution in [1.82, 2.24) is 34.9 Å². The lowest BCUT2D eigenvalue weighted by molar-refractivity contribution is -0.126. The van der Waals surface area contributed by atoms with Crippen molar-refractivity contribution >= 4 is 28.8 Å². The fourth-order valence-corrected chi connectivity index (χ4v) is 4.21. The molecule has 0 saturated carbocycles. The van der Waals surface area contributed by atoms with E-state index in [0.29, 0.717) is 41.3 Å².